The molecule has 0 aliphatic carbocycles. The second kappa shape index (κ2) is 9.87. The third kappa shape index (κ3) is 5.13. The van der Waals surface area contributed by atoms with Crippen LogP contribution in [0.25, 0.3) is 10.7 Å². The first-order chi connectivity index (χ1) is 15.0. The summed E-state index contributed by atoms with van der Waals surface area (Å²) in [5.41, 5.74) is 1.54. The van der Waals surface area contributed by atoms with Crippen molar-refractivity contribution in [1.82, 2.24) is 14.8 Å². The van der Waals surface area contributed by atoms with Crippen LogP contribution in [-0.4, -0.2) is 25.9 Å². The zero-order valence-corrected chi connectivity index (χ0v) is 19.6. The maximum Gasteiger partial charge on any atom is 0.237 e. The Balaban J connectivity index is 1.58. The summed E-state index contributed by atoms with van der Waals surface area (Å²) in [7, 11) is 0. The molecule has 4 aromatic rings. The fourth-order valence-corrected chi connectivity index (χ4v) is 4.98. The number of thioether (sulfide) groups is 1. The van der Waals surface area contributed by atoms with Crippen LogP contribution in [-0.2, 0) is 11.3 Å². The smallest absolute Gasteiger partial charge is 0.237 e. The Hall–Kier alpha value is -2.32. The SMILES string of the molecule is CC(Sc1nnc(-c2cccs2)n1Cc1ccccc1)C(=O)Nc1c(Cl)cccc1Cl. The number of carbonyl (C=O) groups excluding carboxylic acids is 1. The minimum atomic E-state index is -0.442. The van der Waals surface area contributed by atoms with Gasteiger partial charge >= 0.3 is 0 Å². The van der Waals surface area contributed by atoms with Crippen molar-refractivity contribution < 1.29 is 4.79 Å². The van der Waals surface area contributed by atoms with Gasteiger partial charge in [0.2, 0.25) is 5.91 Å². The van der Waals surface area contributed by atoms with Gasteiger partial charge in [-0.2, -0.15) is 0 Å². The highest BCUT2D eigenvalue weighted by atomic mass is 35.5. The molecular formula is C22H18Cl2N4OS2. The van der Waals surface area contributed by atoms with E-state index in [1.165, 1.54) is 11.8 Å². The highest BCUT2D eigenvalue weighted by molar-refractivity contribution is 8.00. The predicted octanol–water partition coefficient (Wildman–Crippen LogP) is 6.48. The van der Waals surface area contributed by atoms with Gasteiger partial charge in [-0.3, -0.25) is 9.36 Å². The Kier molecular flexibility index (Phi) is 6.97. The van der Waals surface area contributed by atoms with Crippen molar-refractivity contribution in [3.63, 3.8) is 0 Å². The summed E-state index contributed by atoms with van der Waals surface area (Å²) < 4.78 is 2.04. The molecule has 4 rings (SSSR count). The molecule has 9 heteroatoms. The van der Waals surface area contributed by atoms with E-state index in [-0.39, 0.29) is 5.91 Å². The molecule has 2 aromatic carbocycles. The van der Waals surface area contributed by atoms with Gasteiger partial charge in [0.05, 0.1) is 32.4 Å². The van der Waals surface area contributed by atoms with Crippen LogP contribution in [0.3, 0.4) is 0 Å². The fraction of sp³-hybridized carbons (Fsp3) is 0.136. The van der Waals surface area contributed by atoms with Crippen LogP contribution < -0.4 is 5.32 Å². The first kappa shape index (κ1) is 21.9. The molecule has 158 valence electrons. The summed E-state index contributed by atoms with van der Waals surface area (Å²) in [5.74, 6) is 0.565. The minimum Gasteiger partial charge on any atom is -0.323 e. The maximum atomic E-state index is 12.8. The number of amides is 1. The summed E-state index contributed by atoms with van der Waals surface area (Å²) in [6, 6.07) is 19.2. The van der Waals surface area contributed by atoms with E-state index in [0.29, 0.717) is 27.4 Å². The van der Waals surface area contributed by atoms with Crippen LogP contribution in [0.15, 0.2) is 71.2 Å². The Morgan fingerprint density at radius 2 is 1.81 bits per heavy atom. The molecule has 0 fully saturated rings. The number of anilines is 1. The number of nitrogens with zero attached hydrogens (tertiary/aromatic N) is 3. The lowest BCUT2D eigenvalue weighted by Crippen LogP contribution is -2.23. The number of para-hydroxylation sites is 1. The summed E-state index contributed by atoms with van der Waals surface area (Å²) in [6.45, 7) is 2.42. The van der Waals surface area contributed by atoms with E-state index < -0.39 is 5.25 Å². The third-order valence-electron chi connectivity index (χ3n) is 4.50. The lowest BCUT2D eigenvalue weighted by Gasteiger charge is -2.15. The van der Waals surface area contributed by atoms with Crippen LogP contribution in [0.5, 0.6) is 0 Å². The molecule has 0 aliphatic rings. The second-order valence-electron chi connectivity index (χ2n) is 6.70. The number of hydrogen-bond acceptors (Lipinski definition) is 5. The van der Waals surface area contributed by atoms with Gasteiger partial charge in [-0.05, 0) is 36.1 Å². The van der Waals surface area contributed by atoms with Crippen molar-refractivity contribution >= 4 is 57.9 Å². The maximum absolute atomic E-state index is 12.8. The van der Waals surface area contributed by atoms with E-state index in [1.807, 2.05) is 47.2 Å². The molecule has 1 amide bonds. The standard InChI is InChI=1S/C22H18Cl2N4OS2/c1-14(21(29)25-19-16(23)9-5-10-17(19)24)31-22-27-26-20(18-11-6-12-30-18)28(22)13-15-7-3-2-4-8-15/h2-12,14H,13H2,1H3,(H,25,29). The van der Waals surface area contributed by atoms with Crippen LogP contribution >= 0.6 is 46.3 Å². The van der Waals surface area contributed by atoms with E-state index in [1.54, 1.807) is 29.5 Å². The first-order valence-electron chi connectivity index (χ1n) is 9.45. The molecule has 1 unspecified atom stereocenters. The number of halogens is 2. The molecular weight excluding hydrogens is 471 g/mol. The Bertz CT molecular complexity index is 1160. The highest BCUT2D eigenvalue weighted by Gasteiger charge is 2.22. The van der Waals surface area contributed by atoms with Crippen LogP contribution in [0, 0.1) is 0 Å². The predicted molar refractivity (Wildman–Crippen MR) is 129 cm³/mol. The number of hydrogen-bond donors (Lipinski definition) is 1. The lowest BCUT2D eigenvalue weighted by molar-refractivity contribution is -0.115. The molecule has 0 saturated carbocycles. The number of carbonyl (C=O) groups is 1. The van der Waals surface area contributed by atoms with E-state index in [0.717, 1.165) is 16.3 Å². The number of aromatic nitrogens is 3. The average Bonchev–Trinajstić information content (AvgIpc) is 3.42. The van der Waals surface area contributed by atoms with Crippen molar-refractivity contribution in [3.05, 3.63) is 81.7 Å². The topological polar surface area (TPSA) is 59.8 Å². The molecule has 5 nitrogen and oxygen atoms in total. The van der Waals surface area contributed by atoms with Gasteiger partial charge < -0.3 is 5.32 Å². The molecule has 2 aromatic heterocycles. The van der Waals surface area contributed by atoms with Gasteiger partial charge in [0.1, 0.15) is 0 Å². The van der Waals surface area contributed by atoms with Gasteiger partial charge in [0, 0.05) is 0 Å². The fourth-order valence-electron chi connectivity index (χ4n) is 2.93. The lowest BCUT2D eigenvalue weighted by atomic mass is 10.2. The Morgan fingerprint density at radius 1 is 1.06 bits per heavy atom. The zero-order valence-electron chi connectivity index (χ0n) is 16.5. The van der Waals surface area contributed by atoms with E-state index in [2.05, 4.69) is 27.6 Å². The molecule has 0 bridgehead atoms. The van der Waals surface area contributed by atoms with Crippen molar-refractivity contribution in [3.8, 4) is 10.7 Å². The molecule has 0 radical (unpaired) electrons. The molecule has 2 heterocycles. The van der Waals surface area contributed by atoms with Gasteiger partial charge in [-0.1, -0.05) is 77.4 Å². The molecule has 1 atom stereocenters. The van der Waals surface area contributed by atoms with E-state index >= 15 is 0 Å². The summed E-state index contributed by atoms with van der Waals surface area (Å²) in [6.07, 6.45) is 0. The van der Waals surface area contributed by atoms with Crippen LogP contribution in [0.2, 0.25) is 10.0 Å². The van der Waals surface area contributed by atoms with Gasteiger partial charge in [0.25, 0.3) is 0 Å². The zero-order chi connectivity index (χ0) is 21.8. The van der Waals surface area contributed by atoms with Gasteiger partial charge in [0.15, 0.2) is 11.0 Å². The number of rotatable bonds is 7. The molecule has 0 aliphatic heterocycles. The number of benzene rings is 2. The average molecular weight is 489 g/mol. The van der Waals surface area contributed by atoms with E-state index in [9.17, 15) is 4.79 Å². The molecule has 1 N–H and O–H groups in total. The van der Waals surface area contributed by atoms with Crippen LogP contribution in [0.1, 0.15) is 12.5 Å². The van der Waals surface area contributed by atoms with Crippen molar-refractivity contribution in [2.24, 2.45) is 0 Å². The van der Waals surface area contributed by atoms with Crippen LogP contribution in [0.4, 0.5) is 5.69 Å². The molecule has 0 spiro atoms. The minimum absolute atomic E-state index is 0.216. The quantitative estimate of drug-likeness (QED) is 0.302. The largest absolute Gasteiger partial charge is 0.323 e. The monoisotopic (exact) mass is 488 g/mol. The highest BCUT2D eigenvalue weighted by Crippen LogP contribution is 2.33. The summed E-state index contributed by atoms with van der Waals surface area (Å²) >= 11 is 15.3. The summed E-state index contributed by atoms with van der Waals surface area (Å²) in [4.78, 5) is 13.8. The molecule has 31 heavy (non-hydrogen) atoms. The Labute approximate surface area is 198 Å². The van der Waals surface area contributed by atoms with Crippen molar-refractivity contribution in [1.29, 1.82) is 0 Å². The van der Waals surface area contributed by atoms with Crippen molar-refractivity contribution in [2.75, 3.05) is 5.32 Å². The van der Waals surface area contributed by atoms with Gasteiger partial charge in [-0.15, -0.1) is 21.5 Å². The normalized spacial score (nSPS) is 12.0. The van der Waals surface area contributed by atoms with E-state index in [4.69, 9.17) is 23.2 Å². The molecule has 0 saturated heterocycles. The Morgan fingerprint density at radius 3 is 2.48 bits per heavy atom. The van der Waals surface area contributed by atoms with Crippen molar-refractivity contribution in [2.45, 2.75) is 23.9 Å². The second-order valence-corrected chi connectivity index (χ2v) is 9.77. The first-order valence-corrected chi connectivity index (χ1v) is 12.0. The number of nitrogens with one attached hydrogen (secondary N) is 1. The van der Waals surface area contributed by atoms with Gasteiger partial charge in [-0.25, -0.2) is 0 Å². The number of thiophene rings is 1. The third-order valence-corrected chi connectivity index (χ3v) is 7.08. The summed E-state index contributed by atoms with van der Waals surface area (Å²) in [5, 5.41) is 14.6.